The molecule has 0 aliphatic rings. The van der Waals surface area contributed by atoms with E-state index in [2.05, 4.69) is 23.1 Å². The second-order valence-electron chi connectivity index (χ2n) is 3.67. The van der Waals surface area contributed by atoms with E-state index in [9.17, 15) is 4.39 Å². The monoisotopic (exact) mass is 212 g/mol. The van der Waals surface area contributed by atoms with Gasteiger partial charge < -0.3 is 0 Å². The maximum Gasteiger partial charge on any atom is 0.130 e. The maximum atomic E-state index is 13.0. The molecular formula is C12H18FP. The van der Waals surface area contributed by atoms with Crippen LogP contribution in [0, 0.1) is 5.82 Å². The smallest absolute Gasteiger partial charge is 0.130 e. The summed E-state index contributed by atoms with van der Waals surface area (Å²) >= 11 is 0. The minimum absolute atomic E-state index is 0.134. The topological polar surface area (TPSA) is 0 Å². The Balaban J connectivity index is 2.88. The molecule has 1 aromatic rings. The number of halogens is 1. The van der Waals surface area contributed by atoms with Crippen molar-refractivity contribution in [3.63, 3.8) is 0 Å². The van der Waals surface area contributed by atoms with Crippen molar-refractivity contribution < 1.29 is 4.39 Å². The third-order valence-corrected chi connectivity index (χ3v) is 3.06. The second kappa shape index (κ2) is 5.46. The molecule has 0 N–H and O–H groups in total. The highest BCUT2D eigenvalue weighted by Gasteiger charge is 2.09. The lowest BCUT2D eigenvalue weighted by Crippen LogP contribution is -2.04. The van der Waals surface area contributed by atoms with Crippen LogP contribution in [0.4, 0.5) is 4.39 Å². The van der Waals surface area contributed by atoms with Gasteiger partial charge in [0.2, 0.25) is 0 Å². The normalized spacial score (nSPS) is 12.9. The van der Waals surface area contributed by atoms with Crippen molar-refractivity contribution >= 4 is 14.5 Å². The van der Waals surface area contributed by atoms with Gasteiger partial charge in [-0.2, -0.15) is 0 Å². The molecule has 0 spiro atoms. The molecule has 78 valence electrons. The first kappa shape index (κ1) is 11.7. The van der Waals surface area contributed by atoms with Gasteiger partial charge in [-0.25, -0.2) is 4.39 Å². The lowest BCUT2D eigenvalue weighted by atomic mass is 9.92. The fraction of sp³-hybridized carbons (Fsp3) is 0.500. The number of hydrogen-bond donors (Lipinski definition) is 0. The van der Waals surface area contributed by atoms with Gasteiger partial charge in [-0.3, -0.25) is 0 Å². The highest BCUT2D eigenvalue weighted by molar-refractivity contribution is 7.27. The Hall–Kier alpha value is -0.420. The molecule has 14 heavy (non-hydrogen) atoms. The predicted molar refractivity (Wildman–Crippen MR) is 63.7 cm³/mol. The van der Waals surface area contributed by atoms with Gasteiger partial charge in [0.05, 0.1) is 0 Å². The molecule has 0 aromatic heterocycles. The Bertz CT molecular complexity index is 296. The van der Waals surface area contributed by atoms with Gasteiger partial charge in [0, 0.05) is 5.30 Å². The van der Waals surface area contributed by atoms with E-state index in [0.717, 1.165) is 6.42 Å². The number of benzene rings is 1. The van der Waals surface area contributed by atoms with Crippen LogP contribution >= 0.6 is 9.24 Å². The maximum absolute atomic E-state index is 13.0. The van der Waals surface area contributed by atoms with Crippen LogP contribution in [0.2, 0.25) is 0 Å². The van der Waals surface area contributed by atoms with E-state index in [1.165, 1.54) is 18.4 Å². The first-order valence-electron chi connectivity index (χ1n) is 5.24. The van der Waals surface area contributed by atoms with E-state index in [0.29, 0.717) is 11.2 Å². The first-order chi connectivity index (χ1) is 6.69. The van der Waals surface area contributed by atoms with Crippen LogP contribution in [0.15, 0.2) is 18.2 Å². The van der Waals surface area contributed by atoms with Crippen molar-refractivity contribution in [3.05, 3.63) is 29.6 Å². The minimum atomic E-state index is -0.134. The van der Waals surface area contributed by atoms with E-state index >= 15 is 0 Å². The van der Waals surface area contributed by atoms with Crippen molar-refractivity contribution in [1.82, 2.24) is 0 Å². The first-order valence-corrected chi connectivity index (χ1v) is 5.81. The summed E-state index contributed by atoms with van der Waals surface area (Å²) in [4.78, 5) is 0. The molecule has 0 aliphatic heterocycles. The van der Waals surface area contributed by atoms with E-state index in [1.54, 1.807) is 6.07 Å². The molecule has 2 unspecified atom stereocenters. The average Bonchev–Trinajstić information content (AvgIpc) is 2.19. The summed E-state index contributed by atoms with van der Waals surface area (Å²) in [6.45, 7) is 4.37. The van der Waals surface area contributed by atoms with Gasteiger partial charge in [0.25, 0.3) is 0 Å². The van der Waals surface area contributed by atoms with Crippen LogP contribution in [0.1, 0.15) is 44.6 Å². The third kappa shape index (κ3) is 2.78. The highest BCUT2D eigenvalue weighted by Crippen LogP contribution is 2.24. The lowest BCUT2D eigenvalue weighted by Gasteiger charge is -2.14. The predicted octanol–water partition coefficient (Wildman–Crippen LogP) is 3.62. The Morgan fingerprint density at radius 2 is 2.07 bits per heavy atom. The Labute approximate surface area is 88.1 Å². The largest absolute Gasteiger partial charge is 0.206 e. The Morgan fingerprint density at radius 1 is 1.36 bits per heavy atom. The van der Waals surface area contributed by atoms with Gasteiger partial charge in [-0.15, -0.1) is 9.24 Å². The quantitative estimate of drug-likeness (QED) is 0.669. The second-order valence-corrected chi connectivity index (χ2v) is 4.30. The number of rotatable bonds is 4. The molecule has 0 saturated carbocycles. The van der Waals surface area contributed by atoms with Crippen LogP contribution < -0.4 is 5.30 Å². The summed E-state index contributed by atoms with van der Waals surface area (Å²) in [6, 6.07) is 5.42. The van der Waals surface area contributed by atoms with Crippen molar-refractivity contribution in [1.29, 1.82) is 0 Å². The molecule has 0 nitrogen and oxygen atoms in total. The molecule has 1 rings (SSSR count). The fourth-order valence-electron chi connectivity index (χ4n) is 1.77. The summed E-state index contributed by atoms with van der Waals surface area (Å²) in [7, 11) is 2.45. The average molecular weight is 212 g/mol. The van der Waals surface area contributed by atoms with Crippen molar-refractivity contribution in [2.45, 2.75) is 39.0 Å². The molecule has 1 aromatic carbocycles. The molecule has 0 heterocycles. The fourth-order valence-corrected chi connectivity index (χ4v) is 2.06. The van der Waals surface area contributed by atoms with Crippen LogP contribution in [-0.4, -0.2) is 0 Å². The van der Waals surface area contributed by atoms with Crippen molar-refractivity contribution in [2.24, 2.45) is 0 Å². The van der Waals surface area contributed by atoms with Gasteiger partial charge in [0.15, 0.2) is 0 Å². The van der Waals surface area contributed by atoms with Crippen LogP contribution in [0.5, 0.6) is 0 Å². The van der Waals surface area contributed by atoms with Crippen LogP contribution in [0.3, 0.4) is 0 Å². The molecular weight excluding hydrogens is 194 g/mol. The molecule has 0 amide bonds. The van der Waals surface area contributed by atoms with E-state index in [-0.39, 0.29) is 5.82 Å². The van der Waals surface area contributed by atoms with Crippen LogP contribution in [-0.2, 0) is 0 Å². The standard InChI is InChI=1S/C12H18FP/c1-3-5-9(4-2)10-6-7-11(13)12(14)8-10/h6-9H,3-5,14H2,1-2H3. The molecule has 0 radical (unpaired) electrons. The molecule has 0 bridgehead atoms. The van der Waals surface area contributed by atoms with E-state index < -0.39 is 0 Å². The molecule has 0 saturated heterocycles. The van der Waals surface area contributed by atoms with Crippen molar-refractivity contribution in [3.8, 4) is 0 Å². The Morgan fingerprint density at radius 3 is 2.57 bits per heavy atom. The molecule has 2 atom stereocenters. The SMILES string of the molecule is CCCC(CC)c1ccc(F)c(P)c1. The zero-order valence-electron chi connectivity index (χ0n) is 8.89. The zero-order valence-corrected chi connectivity index (χ0v) is 10.0. The highest BCUT2D eigenvalue weighted by atomic mass is 31.0. The van der Waals surface area contributed by atoms with E-state index in [1.807, 2.05) is 12.1 Å². The number of hydrogen-bond acceptors (Lipinski definition) is 0. The molecule has 0 fully saturated rings. The molecule has 2 heteroatoms. The van der Waals surface area contributed by atoms with Gasteiger partial charge in [-0.1, -0.05) is 26.3 Å². The van der Waals surface area contributed by atoms with Gasteiger partial charge in [0.1, 0.15) is 5.82 Å². The summed E-state index contributed by atoms with van der Waals surface area (Å²) in [5, 5.41) is 0.678. The van der Waals surface area contributed by atoms with Gasteiger partial charge >= 0.3 is 0 Å². The summed E-state index contributed by atoms with van der Waals surface area (Å²) < 4.78 is 13.0. The van der Waals surface area contributed by atoms with Crippen molar-refractivity contribution in [2.75, 3.05) is 0 Å². The summed E-state index contributed by atoms with van der Waals surface area (Å²) in [5.41, 5.74) is 1.26. The Kier molecular flexibility index (Phi) is 4.54. The zero-order chi connectivity index (χ0) is 10.6. The van der Waals surface area contributed by atoms with E-state index in [4.69, 9.17) is 0 Å². The third-order valence-electron chi connectivity index (χ3n) is 2.62. The minimum Gasteiger partial charge on any atom is -0.206 e. The van der Waals surface area contributed by atoms with Gasteiger partial charge in [-0.05, 0) is 36.5 Å². The lowest BCUT2D eigenvalue weighted by molar-refractivity contribution is 0.592. The van der Waals surface area contributed by atoms with Crippen LogP contribution in [0.25, 0.3) is 0 Å². The summed E-state index contributed by atoms with van der Waals surface area (Å²) in [6.07, 6.45) is 3.50. The summed E-state index contributed by atoms with van der Waals surface area (Å²) in [5.74, 6) is 0.449. The molecule has 0 aliphatic carbocycles.